The first-order valence-corrected chi connectivity index (χ1v) is 3.39. The van der Waals surface area contributed by atoms with E-state index in [0.717, 1.165) is 0 Å². The molecule has 1 aliphatic heterocycles. The van der Waals surface area contributed by atoms with Crippen LogP contribution in [0, 0.1) is 0 Å². The van der Waals surface area contributed by atoms with E-state index in [0.29, 0.717) is 12.8 Å². The van der Waals surface area contributed by atoms with Gasteiger partial charge in [0, 0.05) is 12.8 Å². The second-order valence-corrected chi connectivity index (χ2v) is 2.70. The number of hydrogen-bond acceptors (Lipinski definition) is 4. The molecule has 0 N–H and O–H groups in total. The SMILES string of the molecule is COC(=O)[C@@]1(C)CCC(=O)O1. The van der Waals surface area contributed by atoms with Crippen LogP contribution in [0.4, 0.5) is 0 Å². The summed E-state index contributed by atoms with van der Waals surface area (Å²) in [6, 6.07) is 0. The van der Waals surface area contributed by atoms with Crippen LogP contribution in [-0.4, -0.2) is 24.6 Å². The van der Waals surface area contributed by atoms with Gasteiger partial charge in [-0.25, -0.2) is 4.79 Å². The van der Waals surface area contributed by atoms with E-state index in [9.17, 15) is 9.59 Å². The van der Waals surface area contributed by atoms with Crippen molar-refractivity contribution in [1.82, 2.24) is 0 Å². The molecule has 0 bridgehead atoms. The lowest BCUT2D eigenvalue weighted by molar-refractivity contribution is -0.170. The Morgan fingerprint density at radius 2 is 2.36 bits per heavy atom. The Balaban J connectivity index is 2.69. The first-order valence-electron chi connectivity index (χ1n) is 3.39. The molecule has 0 spiro atoms. The van der Waals surface area contributed by atoms with Crippen LogP contribution in [0.25, 0.3) is 0 Å². The Morgan fingerprint density at radius 3 is 2.73 bits per heavy atom. The highest BCUT2D eigenvalue weighted by molar-refractivity contribution is 5.86. The van der Waals surface area contributed by atoms with E-state index >= 15 is 0 Å². The zero-order chi connectivity index (χ0) is 8.48. The van der Waals surface area contributed by atoms with Gasteiger partial charge >= 0.3 is 11.9 Å². The van der Waals surface area contributed by atoms with Crippen LogP contribution in [0.1, 0.15) is 19.8 Å². The predicted octanol–water partition coefficient (Wildman–Crippen LogP) is 0.255. The molecule has 0 aliphatic carbocycles. The molecule has 0 aromatic carbocycles. The van der Waals surface area contributed by atoms with Crippen molar-refractivity contribution in [2.45, 2.75) is 25.4 Å². The zero-order valence-electron chi connectivity index (χ0n) is 6.55. The maximum atomic E-state index is 11.0. The minimum Gasteiger partial charge on any atom is -0.466 e. The second kappa shape index (κ2) is 2.53. The molecule has 0 aromatic rings. The summed E-state index contributed by atoms with van der Waals surface area (Å²) in [6.07, 6.45) is 0.712. The molecule has 0 amide bonds. The average molecular weight is 158 g/mol. The summed E-state index contributed by atoms with van der Waals surface area (Å²) in [5, 5.41) is 0. The smallest absolute Gasteiger partial charge is 0.350 e. The zero-order valence-corrected chi connectivity index (χ0v) is 6.55. The lowest BCUT2D eigenvalue weighted by Crippen LogP contribution is -2.35. The highest BCUT2D eigenvalue weighted by atomic mass is 16.6. The van der Waals surface area contributed by atoms with Crippen molar-refractivity contribution in [2.75, 3.05) is 7.11 Å². The lowest BCUT2D eigenvalue weighted by atomic mass is 10.0. The van der Waals surface area contributed by atoms with Gasteiger partial charge in [-0.15, -0.1) is 0 Å². The summed E-state index contributed by atoms with van der Waals surface area (Å²) in [5.41, 5.74) is -1.04. The van der Waals surface area contributed by atoms with Gasteiger partial charge in [-0.2, -0.15) is 0 Å². The fourth-order valence-corrected chi connectivity index (χ4v) is 1.05. The summed E-state index contributed by atoms with van der Waals surface area (Å²) in [6.45, 7) is 1.56. The van der Waals surface area contributed by atoms with Crippen LogP contribution in [-0.2, 0) is 19.1 Å². The summed E-state index contributed by atoms with van der Waals surface area (Å²) in [4.78, 5) is 21.6. The van der Waals surface area contributed by atoms with Gasteiger partial charge in [-0.05, 0) is 6.92 Å². The van der Waals surface area contributed by atoms with Gasteiger partial charge < -0.3 is 9.47 Å². The third-order valence-electron chi connectivity index (χ3n) is 1.76. The molecule has 1 heterocycles. The van der Waals surface area contributed by atoms with Crippen molar-refractivity contribution in [2.24, 2.45) is 0 Å². The molecule has 1 fully saturated rings. The topological polar surface area (TPSA) is 52.6 Å². The Hall–Kier alpha value is -1.06. The first-order chi connectivity index (χ1) is 5.08. The summed E-state index contributed by atoms with van der Waals surface area (Å²) in [7, 11) is 1.28. The summed E-state index contributed by atoms with van der Waals surface area (Å²) >= 11 is 0. The molecule has 1 atom stereocenters. The second-order valence-electron chi connectivity index (χ2n) is 2.70. The van der Waals surface area contributed by atoms with Gasteiger partial charge in [0.25, 0.3) is 0 Å². The van der Waals surface area contributed by atoms with Crippen molar-refractivity contribution in [1.29, 1.82) is 0 Å². The molecule has 0 aromatic heterocycles. The van der Waals surface area contributed by atoms with Gasteiger partial charge in [-0.1, -0.05) is 0 Å². The maximum absolute atomic E-state index is 11.0. The van der Waals surface area contributed by atoms with Crippen molar-refractivity contribution < 1.29 is 19.1 Å². The van der Waals surface area contributed by atoms with E-state index in [-0.39, 0.29) is 5.97 Å². The molecule has 1 saturated heterocycles. The molecule has 1 aliphatic rings. The number of cyclic esters (lactones) is 1. The minimum absolute atomic E-state index is 0.297. The summed E-state index contributed by atoms with van der Waals surface area (Å²) in [5.74, 6) is -0.818. The van der Waals surface area contributed by atoms with E-state index in [1.54, 1.807) is 6.92 Å². The molecule has 0 radical (unpaired) electrons. The highest BCUT2D eigenvalue weighted by Crippen LogP contribution is 2.26. The predicted molar refractivity (Wildman–Crippen MR) is 35.7 cm³/mol. The molecule has 1 rings (SSSR count). The molecule has 11 heavy (non-hydrogen) atoms. The van der Waals surface area contributed by atoms with E-state index in [1.165, 1.54) is 7.11 Å². The molecule has 0 unspecified atom stereocenters. The average Bonchev–Trinajstić information content (AvgIpc) is 2.31. The Kier molecular flexibility index (Phi) is 1.85. The quantitative estimate of drug-likeness (QED) is 0.513. The number of hydrogen-bond donors (Lipinski definition) is 0. The normalized spacial score (nSPS) is 29.8. The number of carbonyl (C=O) groups is 2. The molecular weight excluding hydrogens is 148 g/mol. The third kappa shape index (κ3) is 1.34. The lowest BCUT2D eigenvalue weighted by Gasteiger charge is -2.18. The van der Waals surface area contributed by atoms with Crippen molar-refractivity contribution >= 4 is 11.9 Å². The fourth-order valence-electron chi connectivity index (χ4n) is 1.05. The van der Waals surface area contributed by atoms with Crippen LogP contribution in [0.3, 0.4) is 0 Å². The minimum atomic E-state index is -1.04. The van der Waals surface area contributed by atoms with Gasteiger partial charge in [0.15, 0.2) is 0 Å². The molecule has 0 saturated carbocycles. The van der Waals surface area contributed by atoms with Crippen molar-refractivity contribution in [3.63, 3.8) is 0 Å². The standard InChI is InChI=1S/C7H10O4/c1-7(6(9)10-2)4-3-5(8)11-7/h3-4H2,1-2H3/t7-/m1/s1. The van der Waals surface area contributed by atoms with Crippen LogP contribution >= 0.6 is 0 Å². The van der Waals surface area contributed by atoms with E-state index in [4.69, 9.17) is 4.74 Å². The Labute approximate surface area is 64.5 Å². The highest BCUT2D eigenvalue weighted by Gasteiger charge is 2.43. The van der Waals surface area contributed by atoms with Crippen LogP contribution in [0.15, 0.2) is 0 Å². The number of rotatable bonds is 1. The van der Waals surface area contributed by atoms with E-state index in [1.807, 2.05) is 0 Å². The fraction of sp³-hybridized carbons (Fsp3) is 0.714. The molecule has 62 valence electrons. The Morgan fingerprint density at radius 1 is 1.73 bits per heavy atom. The van der Waals surface area contributed by atoms with Gasteiger partial charge in [0.1, 0.15) is 0 Å². The Bertz CT molecular complexity index is 199. The molecule has 4 heteroatoms. The van der Waals surface area contributed by atoms with Crippen LogP contribution < -0.4 is 0 Å². The maximum Gasteiger partial charge on any atom is 0.350 e. The first kappa shape index (κ1) is 8.04. The summed E-state index contributed by atoms with van der Waals surface area (Å²) < 4.78 is 9.26. The monoisotopic (exact) mass is 158 g/mol. The number of ether oxygens (including phenoxy) is 2. The van der Waals surface area contributed by atoms with Gasteiger partial charge in [0.2, 0.25) is 5.60 Å². The molecular formula is C7H10O4. The molecule has 4 nitrogen and oxygen atoms in total. The number of methoxy groups -OCH3 is 1. The van der Waals surface area contributed by atoms with Gasteiger partial charge in [-0.3, -0.25) is 4.79 Å². The largest absolute Gasteiger partial charge is 0.466 e. The van der Waals surface area contributed by atoms with E-state index in [2.05, 4.69) is 4.74 Å². The van der Waals surface area contributed by atoms with Crippen LogP contribution in [0.2, 0.25) is 0 Å². The number of carbonyl (C=O) groups excluding carboxylic acids is 2. The van der Waals surface area contributed by atoms with Crippen molar-refractivity contribution in [3.8, 4) is 0 Å². The van der Waals surface area contributed by atoms with Crippen molar-refractivity contribution in [3.05, 3.63) is 0 Å². The third-order valence-corrected chi connectivity index (χ3v) is 1.76. The number of esters is 2. The van der Waals surface area contributed by atoms with Crippen LogP contribution in [0.5, 0.6) is 0 Å². The van der Waals surface area contributed by atoms with Gasteiger partial charge in [0.05, 0.1) is 7.11 Å². The van der Waals surface area contributed by atoms with E-state index < -0.39 is 11.6 Å².